The fourth-order valence-corrected chi connectivity index (χ4v) is 2.00. The van der Waals surface area contributed by atoms with Gasteiger partial charge in [-0.25, -0.2) is 4.98 Å². The average molecular weight is 289 g/mol. The molecule has 0 saturated carbocycles. The number of carbonyl (C=O) groups is 1. The Kier molecular flexibility index (Phi) is 4.40. The predicted octanol–water partition coefficient (Wildman–Crippen LogP) is 4.42. The van der Waals surface area contributed by atoms with Gasteiger partial charge in [-0.15, -0.1) is 0 Å². The molecule has 0 bridgehead atoms. The Morgan fingerprint density at radius 1 is 1.25 bits per heavy atom. The van der Waals surface area contributed by atoms with Crippen molar-refractivity contribution in [3.05, 3.63) is 58.4 Å². The topological polar surface area (TPSA) is 42.0 Å². The number of amides is 1. The summed E-state index contributed by atoms with van der Waals surface area (Å²) in [5.74, 6) is 0.261. The second kappa shape index (κ2) is 6.06. The Bertz CT molecular complexity index is 621. The zero-order valence-electron chi connectivity index (χ0n) is 11.8. The standard InChI is InChI=1S/C16H17ClN2O/c1-10(2)12-4-6-13(7-5-12)16(20)19-14-8-11(3)9-18-15(14)17/h4-10H,1-3H3,(H,19,20). The molecule has 2 aromatic rings. The number of nitrogens with one attached hydrogen (secondary N) is 1. The van der Waals surface area contributed by atoms with Gasteiger partial charge in [-0.1, -0.05) is 37.6 Å². The summed E-state index contributed by atoms with van der Waals surface area (Å²) in [4.78, 5) is 16.2. The van der Waals surface area contributed by atoms with E-state index in [1.54, 1.807) is 12.3 Å². The largest absolute Gasteiger partial charge is 0.319 e. The van der Waals surface area contributed by atoms with Gasteiger partial charge in [0.05, 0.1) is 5.69 Å². The first-order valence-electron chi connectivity index (χ1n) is 6.51. The summed E-state index contributed by atoms with van der Waals surface area (Å²) in [5, 5.41) is 3.08. The lowest BCUT2D eigenvalue weighted by molar-refractivity contribution is 0.102. The van der Waals surface area contributed by atoms with Gasteiger partial charge < -0.3 is 5.32 Å². The zero-order chi connectivity index (χ0) is 14.7. The van der Waals surface area contributed by atoms with E-state index in [0.29, 0.717) is 22.3 Å². The molecule has 1 aromatic heterocycles. The summed E-state index contributed by atoms with van der Waals surface area (Å²) in [6.07, 6.45) is 1.66. The van der Waals surface area contributed by atoms with E-state index >= 15 is 0 Å². The maximum absolute atomic E-state index is 12.2. The smallest absolute Gasteiger partial charge is 0.255 e. The number of anilines is 1. The van der Waals surface area contributed by atoms with Crippen molar-refractivity contribution >= 4 is 23.2 Å². The molecule has 4 heteroatoms. The van der Waals surface area contributed by atoms with Gasteiger partial charge in [0.1, 0.15) is 0 Å². The maximum atomic E-state index is 12.2. The van der Waals surface area contributed by atoms with Crippen molar-refractivity contribution in [3.63, 3.8) is 0 Å². The van der Waals surface area contributed by atoms with E-state index in [0.717, 1.165) is 5.56 Å². The van der Waals surface area contributed by atoms with E-state index in [1.807, 2.05) is 31.2 Å². The molecule has 20 heavy (non-hydrogen) atoms. The molecule has 1 heterocycles. The number of halogens is 1. The van der Waals surface area contributed by atoms with Crippen LogP contribution in [0.4, 0.5) is 5.69 Å². The molecule has 0 fully saturated rings. The van der Waals surface area contributed by atoms with Crippen LogP contribution < -0.4 is 5.32 Å². The molecule has 0 saturated heterocycles. The number of aryl methyl sites for hydroxylation is 1. The van der Waals surface area contributed by atoms with Crippen LogP contribution in [-0.2, 0) is 0 Å². The Morgan fingerprint density at radius 3 is 2.50 bits per heavy atom. The molecule has 0 spiro atoms. The SMILES string of the molecule is Cc1cnc(Cl)c(NC(=O)c2ccc(C(C)C)cc2)c1. The summed E-state index contributed by atoms with van der Waals surface area (Å²) in [6, 6.07) is 9.38. The molecule has 1 N–H and O–H groups in total. The quantitative estimate of drug-likeness (QED) is 0.850. The number of carbonyl (C=O) groups excluding carboxylic acids is 1. The summed E-state index contributed by atoms with van der Waals surface area (Å²) in [6.45, 7) is 6.14. The van der Waals surface area contributed by atoms with Crippen LogP contribution in [0.3, 0.4) is 0 Å². The monoisotopic (exact) mass is 288 g/mol. The fourth-order valence-electron chi connectivity index (χ4n) is 1.85. The van der Waals surface area contributed by atoms with Crippen molar-refractivity contribution in [2.75, 3.05) is 5.32 Å². The first-order valence-corrected chi connectivity index (χ1v) is 6.88. The fraction of sp³-hybridized carbons (Fsp3) is 0.250. The lowest BCUT2D eigenvalue weighted by Gasteiger charge is -2.09. The molecule has 0 aliphatic carbocycles. The number of pyridine rings is 1. The Balaban J connectivity index is 2.17. The third-order valence-electron chi connectivity index (χ3n) is 3.06. The summed E-state index contributed by atoms with van der Waals surface area (Å²) in [5.41, 5.74) is 3.29. The van der Waals surface area contributed by atoms with Crippen molar-refractivity contribution in [1.82, 2.24) is 4.98 Å². The van der Waals surface area contributed by atoms with Crippen LogP contribution in [0.5, 0.6) is 0 Å². The van der Waals surface area contributed by atoms with Crippen LogP contribution in [0.15, 0.2) is 36.5 Å². The highest BCUT2D eigenvalue weighted by Gasteiger charge is 2.10. The highest BCUT2D eigenvalue weighted by atomic mass is 35.5. The zero-order valence-corrected chi connectivity index (χ0v) is 12.5. The lowest BCUT2D eigenvalue weighted by Crippen LogP contribution is -2.12. The molecule has 0 aliphatic heterocycles. The minimum absolute atomic E-state index is 0.186. The Hall–Kier alpha value is -1.87. The highest BCUT2D eigenvalue weighted by Crippen LogP contribution is 2.21. The van der Waals surface area contributed by atoms with Gasteiger partial charge in [0, 0.05) is 11.8 Å². The lowest BCUT2D eigenvalue weighted by atomic mass is 10.0. The average Bonchev–Trinajstić information content (AvgIpc) is 2.43. The molecule has 1 amide bonds. The van der Waals surface area contributed by atoms with E-state index in [1.165, 1.54) is 5.56 Å². The van der Waals surface area contributed by atoms with E-state index in [9.17, 15) is 4.79 Å². The van der Waals surface area contributed by atoms with Gasteiger partial charge in [0.15, 0.2) is 5.15 Å². The molecular formula is C16H17ClN2O. The molecule has 1 aromatic carbocycles. The normalized spacial score (nSPS) is 10.7. The van der Waals surface area contributed by atoms with Crippen LogP contribution in [-0.4, -0.2) is 10.9 Å². The van der Waals surface area contributed by atoms with E-state index in [4.69, 9.17) is 11.6 Å². The Labute approximate surface area is 124 Å². The second-order valence-corrected chi connectivity index (χ2v) is 5.44. The van der Waals surface area contributed by atoms with Gasteiger partial charge >= 0.3 is 0 Å². The molecule has 0 atom stereocenters. The summed E-state index contributed by atoms with van der Waals surface area (Å²) in [7, 11) is 0. The van der Waals surface area contributed by atoms with Crippen LogP contribution >= 0.6 is 11.6 Å². The van der Waals surface area contributed by atoms with Crippen molar-refractivity contribution in [2.45, 2.75) is 26.7 Å². The predicted molar refractivity (Wildman–Crippen MR) is 82.5 cm³/mol. The van der Waals surface area contributed by atoms with Crippen molar-refractivity contribution < 1.29 is 4.79 Å². The highest BCUT2D eigenvalue weighted by molar-refractivity contribution is 6.32. The van der Waals surface area contributed by atoms with Crippen LogP contribution in [0.2, 0.25) is 5.15 Å². The van der Waals surface area contributed by atoms with Gasteiger partial charge in [0.2, 0.25) is 0 Å². The van der Waals surface area contributed by atoms with E-state index in [-0.39, 0.29) is 5.91 Å². The minimum Gasteiger partial charge on any atom is -0.319 e. The van der Waals surface area contributed by atoms with Crippen molar-refractivity contribution in [3.8, 4) is 0 Å². The van der Waals surface area contributed by atoms with Gasteiger partial charge in [-0.3, -0.25) is 4.79 Å². The molecule has 0 radical (unpaired) electrons. The third kappa shape index (κ3) is 3.36. The molecule has 2 rings (SSSR count). The van der Waals surface area contributed by atoms with E-state index in [2.05, 4.69) is 24.1 Å². The molecule has 3 nitrogen and oxygen atoms in total. The summed E-state index contributed by atoms with van der Waals surface area (Å²) < 4.78 is 0. The number of rotatable bonds is 3. The van der Waals surface area contributed by atoms with Gasteiger partial charge in [-0.2, -0.15) is 0 Å². The minimum atomic E-state index is -0.186. The first kappa shape index (κ1) is 14.5. The number of hydrogen-bond donors (Lipinski definition) is 1. The summed E-state index contributed by atoms with van der Waals surface area (Å²) >= 11 is 5.97. The number of benzene rings is 1. The van der Waals surface area contributed by atoms with Crippen molar-refractivity contribution in [1.29, 1.82) is 0 Å². The van der Waals surface area contributed by atoms with E-state index < -0.39 is 0 Å². The van der Waals surface area contributed by atoms with Crippen molar-refractivity contribution in [2.24, 2.45) is 0 Å². The van der Waals surface area contributed by atoms with Crippen LogP contribution in [0.1, 0.15) is 41.3 Å². The van der Waals surface area contributed by atoms with Gasteiger partial charge in [-0.05, 0) is 42.2 Å². The van der Waals surface area contributed by atoms with Crippen LogP contribution in [0.25, 0.3) is 0 Å². The molecule has 104 valence electrons. The molecule has 0 unspecified atom stereocenters. The molecular weight excluding hydrogens is 272 g/mol. The maximum Gasteiger partial charge on any atom is 0.255 e. The van der Waals surface area contributed by atoms with Gasteiger partial charge in [0.25, 0.3) is 5.91 Å². The molecule has 0 aliphatic rings. The number of hydrogen-bond acceptors (Lipinski definition) is 2. The Morgan fingerprint density at radius 2 is 1.90 bits per heavy atom. The third-order valence-corrected chi connectivity index (χ3v) is 3.36. The number of nitrogens with zero attached hydrogens (tertiary/aromatic N) is 1. The van der Waals surface area contributed by atoms with Crippen LogP contribution in [0, 0.1) is 6.92 Å². The second-order valence-electron chi connectivity index (χ2n) is 5.08. The number of aromatic nitrogens is 1. The first-order chi connectivity index (χ1) is 9.47.